The molecule has 1 aromatic heterocycles. The Bertz CT molecular complexity index is 639. The van der Waals surface area contributed by atoms with Gasteiger partial charge in [0, 0.05) is 24.6 Å². The lowest BCUT2D eigenvalue weighted by atomic mass is 10.1. The van der Waals surface area contributed by atoms with Gasteiger partial charge in [0.25, 0.3) is 0 Å². The molecular weight excluding hydrogens is 292 g/mol. The third kappa shape index (κ3) is 5.54. The van der Waals surface area contributed by atoms with Gasteiger partial charge in [-0.2, -0.15) is 0 Å². The number of Topliss-reactive ketones (excluding diaryl/α,β-unsaturated/α-hetero) is 1. The third-order valence-corrected chi connectivity index (χ3v) is 3.26. The largest absolute Gasteiger partial charge is 0.494 e. The summed E-state index contributed by atoms with van der Waals surface area (Å²) in [6.45, 7) is 2.86. The molecule has 1 heterocycles. The maximum Gasteiger partial charge on any atom is 0.220 e. The number of ketones is 1. The van der Waals surface area contributed by atoms with Crippen LogP contribution in [0.4, 0.5) is 0 Å². The van der Waals surface area contributed by atoms with Crippen LogP contribution in [-0.2, 0) is 11.3 Å². The van der Waals surface area contributed by atoms with Gasteiger partial charge in [0.05, 0.1) is 18.8 Å². The minimum absolute atomic E-state index is 0.0546. The van der Waals surface area contributed by atoms with Crippen LogP contribution in [0.15, 0.2) is 48.7 Å². The molecule has 0 bridgehead atoms. The van der Waals surface area contributed by atoms with Crippen molar-refractivity contribution in [2.75, 3.05) is 6.61 Å². The summed E-state index contributed by atoms with van der Waals surface area (Å²) < 4.78 is 5.33. The minimum Gasteiger partial charge on any atom is -0.494 e. The molecule has 0 saturated carbocycles. The molecule has 0 atom stereocenters. The number of hydrogen-bond acceptors (Lipinski definition) is 4. The molecule has 1 amide bonds. The predicted molar refractivity (Wildman–Crippen MR) is 87.3 cm³/mol. The number of carbonyl (C=O) groups is 2. The van der Waals surface area contributed by atoms with E-state index in [-0.39, 0.29) is 24.5 Å². The highest BCUT2D eigenvalue weighted by Crippen LogP contribution is 2.14. The van der Waals surface area contributed by atoms with Gasteiger partial charge < -0.3 is 10.1 Å². The predicted octanol–water partition coefficient (Wildman–Crippen LogP) is 2.76. The van der Waals surface area contributed by atoms with E-state index >= 15 is 0 Å². The van der Waals surface area contributed by atoms with E-state index in [1.165, 1.54) is 0 Å². The van der Waals surface area contributed by atoms with E-state index in [0.29, 0.717) is 18.7 Å². The highest BCUT2D eigenvalue weighted by Gasteiger charge is 2.09. The van der Waals surface area contributed by atoms with Gasteiger partial charge in [-0.1, -0.05) is 6.07 Å². The van der Waals surface area contributed by atoms with Crippen LogP contribution in [0.3, 0.4) is 0 Å². The van der Waals surface area contributed by atoms with E-state index in [1.54, 1.807) is 30.5 Å². The summed E-state index contributed by atoms with van der Waals surface area (Å²) in [5, 5.41) is 2.76. The molecule has 23 heavy (non-hydrogen) atoms. The molecule has 5 nitrogen and oxygen atoms in total. The first-order valence-electron chi connectivity index (χ1n) is 7.61. The number of hydrogen-bond donors (Lipinski definition) is 1. The standard InChI is InChI=1S/C18H20N2O3/c1-2-23-16-8-6-14(7-9-16)17(21)10-11-18(22)20-13-15-5-3-4-12-19-15/h3-9,12H,2,10-11,13H2,1H3,(H,20,22). The van der Waals surface area contributed by atoms with E-state index in [0.717, 1.165) is 11.4 Å². The van der Waals surface area contributed by atoms with Crippen molar-refractivity contribution in [2.45, 2.75) is 26.3 Å². The Morgan fingerprint density at radius 2 is 1.87 bits per heavy atom. The maximum atomic E-state index is 12.1. The Morgan fingerprint density at radius 3 is 2.52 bits per heavy atom. The number of benzene rings is 1. The Kier molecular flexibility index (Phi) is 6.29. The first kappa shape index (κ1) is 16.7. The first-order valence-corrected chi connectivity index (χ1v) is 7.61. The SMILES string of the molecule is CCOc1ccc(C(=O)CCC(=O)NCc2ccccn2)cc1. The van der Waals surface area contributed by atoms with Crippen LogP contribution in [0.1, 0.15) is 35.8 Å². The fourth-order valence-corrected chi connectivity index (χ4v) is 2.06. The fourth-order valence-electron chi connectivity index (χ4n) is 2.06. The average Bonchev–Trinajstić information content (AvgIpc) is 2.59. The average molecular weight is 312 g/mol. The van der Waals surface area contributed by atoms with Crippen molar-refractivity contribution in [2.24, 2.45) is 0 Å². The van der Waals surface area contributed by atoms with Gasteiger partial charge in [-0.15, -0.1) is 0 Å². The third-order valence-electron chi connectivity index (χ3n) is 3.26. The summed E-state index contributed by atoms with van der Waals surface area (Å²) in [7, 11) is 0. The zero-order valence-corrected chi connectivity index (χ0v) is 13.1. The van der Waals surface area contributed by atoms with Crippen LogP contribution in [0, 0.1) is 0 Å². The molecule has 0 spiro atoms. The Hall–Kier alpha value is -2.69. The van der Waals surface area contributed by atoms with Crippen molar-refractivity contribution in [3.05, 3.63) is 59.9 Å². The number of nitrogens with zero attached hydrogens (tertiary/aromatic N) is 1. The zero-order chi connectivity index (χ0) is 16.5. The number of amides is 1. The van der Waals surface area contributed by atoms with Crippen LogP contribution in [0.2, 0.25) is 0 Å². The molecule has 0 aliphatic carbocycles. The monoisotopic (exact) mass is 312 g/mol. The number of rotatable bonds is 8. The summed E-state index contributed by atoms with van der Waals surface area (Å²) in [5.74, 6) is 0.521. The number of aromatic nitrogens is 1. The zero-order valence-electron chi connectivity index (χ0n) is 13.1. The molecule has 0 aliphatic rings. The normalized spacial score (nSPS) is 10.1. The second kappa shape index (κ2) is 8.68. The highest BCUT2D eigenvalue weighted by molar-refractivity contribution is 5.98. The van der Waals surface area contributed by atoms with Gasteiger partial charge in [0.1, 0.15) is 5.75 Å². The van der Waals surface area contributed by atoms with Crippen molar-refractivity contribution in [1.29, 1.82) is 0 Å². The number of nitrogens with one attached hydrogen (secondary N) is 1. The van der Waals surface area contributed by atoms with Gasteiger partial charge in [-0.25, -0.2) is 0 Å². The van der Waals surface area contributed by atoms with E-state index in [4.69, 9.17) is 4.74 Å². The molecule has 120 valence electrons. The first-order chi connectivity index (χ1) is 11.2. The lowest BCUT2D eigenvalue weighted by Gasteiger charge is -2.06. The van der Waals surface area contributed by atoms with E-state index < -0.39 is 0 Å². The van der Waals surface area contributed by atoms with Gasteiger partial charge >= 0.3 is 0 Å². The smallest absolute Gasteiger partial charge is 0.220 e. The summed E-state index contributed by atoms with van der Waals surface area (Å²) >= 11 is 0. The maximum absolute atomic E-state index is 12.1. The van der Waals surface area contributed by atoms with Crippen molar-refractivity contribution in [3.63, 3.8) is 0 Å². The van der Waals surface area contributed by atoms with Crippen LogP contribution in [0.25, 0.3) is 0 Å². The second-order valence-corrected chi connectivity index (χ2v) is 4.98. The fraction of sp³-hybridized carbons (Fsp3) is 0.278. The number of carbonyl (C=O) groups excluding carboxylic acids is 2. The molecule has 0 aliphatic heterocycles. The van der Waals surface area contributed by atoms with Crippen molar-refractivity contribution in [3.8, 4) is 5.75 Å². The molecule has 2 aromatic rings. The molecule has 0 fully saturated rings. The Labute approximate surface area is 135 Å². The summed E-state index contributed by atoms with van der Waals surface area (Å²) in [5.41, 5.74) is 1.38. The minimum atomic E-state index is -0.157. The van der Waals surface area contributed by atoms with Crippen molar-refractivity contribution in [1.82, 2.24) is 10.3 Å². The number of pyridine rings is 1. The van der Waals surface area contributed by atoms with Gasteiger partial charge in [-0.05, 0) is 43.3 Å². The van der Waals surface area contributed by atoms with Crippen LogP contribution < -0.4 is 10.1 Å². The Morgan fingerprint density at radius 1 is 1.09 bits per heavy atom. The van der Waals surface area contributed by atoms with E-state index in [1.807, 2.05) is 25.1 Å². The summed E-state index contributed by atoms with van der Waals surface area (Å²) in [6, 6.07) is 12.5. The van der Waals surface area contributed by atoms with E-state index in [9.17, 15) is 9.59 Å². The van der Waals surface area contributed by atoms with Gasteiger partial charge in [0.2, 0.25) is 5.91 Å². The second-order valence-electron chi connectivity index (χ2n) is 4.98. The molecule has 0 unspecified atom stereocenters. The quantitative estimate of drug-likeness (QED) is 0.761. The number of ether oxygens (including phenoxy) is 1. The molecule has 1 N–H and O–H groups in total. The molecule has 1 aromatic carbocycles. The van der Waals surface area contributed by atoms with Gasteiger partial charge in [0.15, 0.2) is 5.78 Å². The highest BCUT2D eigenvalue weighted by atomic mass is 16.5. The van der Waals surface area contributed by atoms with Gasteiger partial charge in [-0.3, -0.25) is 14.6 Å². The lowest BCUT2D eigenvalue weighted by molar-refractivity contribution is -0.121. The van der Waals surface area contributed by atoms with Crippen LogP contribution in [-0.4, -0.2) is 23.3 Å². The Balaban J connectivity index is 1.76. The molecular formula is C18H20N2O3. The van der Waals surface area contributed by atoms with Crippen molar-refractivity contribution >= 4 is 11.7 Å². The summed E-state index contributed by atoms with van der Waals surface area (Å²) in [4.78, 5) is 28.0. The molecule has 0 saturated heterocycles. The summed E-state index contributed by atoms with van der Waals surface area (Å²) in [6.07, 6.45) is 2.03. The van der Waals surface area contributed by atoms with E-state index in [2.05, 4.69) is 10.3 Å². The van der Waals surface area contributed by atoms with Crippen molar-refractivity contribution < 1.29 is 14.3 Å². The topological polar surface area (TPSA) is 68.3 Å². The van der Waals surface area contributed by atoms with Crippen LogP contribution >= 0.6 is 0 Å². The molecule has 0 radical (unpaired) electrons. The lowest BCUT2D eigenvalue weighted by Crippen LogP contribution is -2.23. The molecule has 5 heteroatoms. The molecule has 2 rings (SSSR count). The van der Waals surface area contributed by atoms with Crippen LogP contribution in [0.5, 0.6) is 5.75 Å².